The van der Waals surface area contributed by atoms with Gasteiger partial charge >= 0.3 is 0 Å². The van der Waals surface area contributed by atoms with E-state index in [1.807, 2.05) is 6.92 Å². The molecule has 0 saturated heterocycles. The third-order valence-corrected chi connectivity index (χ3v) is 5.97. The number of hydrogen-bond donors (Lipinski definition) is 0. The first-order chi connectivity index (χ1) is 8.69. The Balaban J connectivity index is 1.49. The van der Waals surface area contributed by atoms with E-state index in [9.17, 15) is 4.79 Å². The first-order valence-corrected chi connectivity index (χ1v) is 8.21. The van der Waals surface area contributed by atoms with Crippen molar-refractivity contribution in [2.24, 2.45) is 23.2 Å². The van der Waals surface area contributed by atoms with E-state index < -0.39 is 0 Å². The fourth-order valence-corrected chi connectivity index (χ4v) is 5.60. The average molecular weight is 248 g/mol. The number of ketones is 1. The van der Waals surface area contributed by atoms with Crippen LogP contribution in [0.4, 0.5) is 0 Å². The summed E-state index contributed by atoms with van der Waals surface area (Å²) in [6.45, 7) is 1.99. The van der Waals surface area contributed by atoms with Crippen LogP contribution in [0.1, 0.15) is 77.6 Å². The predicted octanol–water partition coefficient (Wildman–Crippen LogP) is 4.74. The van der Waals surface area contributed by atoms with Crippen LogP contribution in [0.15, 0.2) is 0 Å². The number of rotatable bonds is 6. The predicted molar refractivity (Wildman–Crippen MR) is 74.4 cm³/mol. The van der Waals surface area contributed by atoms with Crippen molar-refractivity contribution < 1.29 is 4.79 Å². The molecule has 18 heavy (non-hydrogen) atoms. The van der Waals surface area contributed by atoms with Crippen LogP contribution in [0.25, 0.3) is 0 Å². The fraction of sp³-hybridized carbons (Fsp3) is 0.941. The normalized spacial score (nSPS) is 41.3. The SMILES string of the molecule is CCC(=O)CCCCC12CC3CC(CC(C3)C1)C2. The molecule has 0 amide bonds. The molecule has 4 aliphatic carbocycles. The molecule has 1 heteroatoms. The summed E-state index contributed by atoms with van der Waals surface area (Å²) in [6, 6.07) is 0. The molecule has 0 spiro atoms. The van der Waals surface area contributed by atoms with Crippen molar-refractivity contribution in [3.8, 4) is 0 Å². The molecule has 0 heterocycles. The molecule has 4 rings (SSSR count). The van der Waals surface area contributed by atoms with E-state index >= 15 is 0 Å². The summed E-state index contributed by atoms with van der Waals surface area (Å²) in [5, 5.41) is 0. The monoisotopic (exact) mass is 248 g/mol. The van der Waals surface area contributed by atoms with E-state index in [-0.39, 0.29) is 0 Å². The number of hydrogen-bond acceptors (Lipinski definition) is 1. The van der Waals surface area contributed by atoms with Gasteiger partial charge in [0.25, 0.3) is 0 Å². The van der Waals surface area contributed by atoms with Gasteiger partial charge in [-0.05, 0) is 74.5 Å². The second-order valence-corrected chi connectivity index (χ2v) is 7.52. The Labute approximate surface area is 112 Å². The van der Waals surface area contributed by atoms with Crippen LogP contribution in [0.2, 0.25) is 0 Å². The molecule has 0 atom stereocenters. The molecular formula is C17H28O. The van der Waals surface area contributed by atoms with E-state index in [0.29, 0.717) is 5.78 Å². The van der Waals surface area contributed by atoms with E-state index in [1.54, 1.807) is 19.3 Å². The van der Waals surface area contributed by atoms with Gasteiger partial charge in [0.2, 0.25) is 0 Å². The fourth-order valence-electron chi connectivity index (χ4n) is 5.60. The van der Waals surface area contributed by atoms with E-state index in [1.165, 1.54) is 32.1 Å². The minimum absolute atomic E-state index is 0.459. The van der Waals surface area contributed by atoms with Gasteiger partial charge in [0.1, 0.15) is 5.78 Å². The van der Waals surface area contributed by atoms with Crippen LogP contribution < -0.4 is 0 Å². The lowest BCUT2D eigenvalue weighted by molar-refractivity contribution is -0.119. The van der Waals surface area contributed by atoms with E-state index in [4.69, 9.17) is 0 Å². The summed E-state index contributed by atoms with van der Waals surface area (Å²) in [5.41, 5.74) is 0.726. The number of Topliss-reactive ketones (excluding diaryl/α,β-unsaturated/α-hetero) is 1. The molecule has 4 fully saturated rings. The lowest BCUT2D eigenvalue weighted by Crippen LogP contribution is -2.45. The summed E-state index contributed by atoms with van der Waals surface area (Å²) in [4.78, 5) is 11.3. The molecule has 0 aliphatic heterocycles. The van der Waals surface area contributed by atoms with Gasteiger partial charge in [-0.25, -0.2) is 0 Å². The molecule has 0 N–H and O–H groups in total. The Morgan fingerprint density at radius 3 is 2.06 bits per heavy atom. The van der Waals surface area contributed by atoms with Crippen molar-refractivity contribution in [2.75, 3.05) is 0 Å². The van der Waals surface area contributed by atoms with Crippen molar-refractivity contribution in [1.82, 2.24) is 0 Å². The number of unbranched alkanes of at least 4 members (excludes halogenated alkanes) is 1. The van der Waals surface area contributed by atoms with Gasteiger partial charge in [-0.3, -0.25) is 4.79 Å². The quantitative estimate of drug-likeness (QED) is 0.620. The molecule has 4 aliphatic rings. The Bertz CT molecular complexity index is 282. The van der Waals surface area contributed by atoms with Gasteiger partial charge in [-0.15, -0.1) is 0 Å². The molecular weight excluding hydrogens is 220 g/mol. The van der Waals surface area contributed by atoms with Crippen molar-refractivity contribution in [2.45, 2.75) is 77.6 Å². The average Bonchev–Trinajstić information content (AvgIpc) is 2.32. The van der Waals surface area contributed by atoms with Crippen LogP contribution in [-0.2, 0) is 4.79 Å². The van der Waals surface area contributed by atoms with E-state index in [2.05, 4.69) is 0 Å². The summed E-state index contributed by atoms with van der Waals surface area (Å²) < 4.78 is 0. The summed E-state index contributed by atoms with van der Waals surface area (Å²) in [7, 11) is 0. The molecule has 4 saturated carbocycles. The molecule has 1 nitrogen and oxygen atoms in total. The van der Waals surface area contributed by atoms with Gasteiger partial charge in [-0.2, -0.15) is 0 Å². The van der Waals surface area contributed by atoms with Crippen molar-refractivity contribution in [3.63, 3.8) is 0 Å². The van der Waals surface area contributed by atoms with Crippen molar-refractivity contribution in [1.29, 1.82) is 0 Å². The lowest BCUT2D eigenvalue weighted by Gasteiger charge is -2.57. The molecule has 0 aromatic rings. The standard InChI is InChI=1S/C17H28O/c1-2-16(18)5-3-4-6-17-10-13-7-14(11-17)9-15(8-13)12-17/h13-15H,2-12H2,1H3. The molecule has 0 radical (unpaired) electrons. The van der Waals surface area contributed by atoms with Crippen LogP contribution in [-0.4, -0.2) is 5.78 Å². The molecule has 102 valence electrons. The molecule has 0 aromatic carbocycles. The minimum atomic E-state index is 0.459. The molecule has 4 bridgehead atoms. The highest BCUT2D eigenvalue weighted by atomic mass is 16.1. The molecule has 0 unspecified atom stereocenters. The first-order valence-electron chi connectivity index (χ1n) is 8.21. The molecule has 0 aromatic heterocycles. The third kappa shape index (κ3) is 2.51. The van der Waals surface area contributed by atoms with Gasteiger partial charge in [0, 0.05) is 12.8 Å². The summed E-state index contributed by atoms with van der Waals surface area (Å²) in [5.74, 6) is 3.69. The lowest BCUT2D eigenvalue weighted by atomic mass is 9.48. The maximum Gasteiger partial charge on any atom is 0.132 e. The van der Waals surface area contributed by atoms with E-state index in [0.717, 1.165) is 42.4 Å². The zero-order valence-electron chi connectivity index (χ0n) is 11.9. The third-order valence-electron chi connectivity index (χ3n) is 5.97. The highest BCUT2D eigenvalue weighted by Crippen LogP contribution is 2.61. The first kappa shape index (κ1) is 12.7. The van der Waals surface area contributed by atoms with Crippen LogP contribution in [0.3, 0.4) is 0 Å². The maximum absolute atomic E-state index is 11.3. The summed E-state index contributed by atoms with van der Waals surface area (Å²) in [6.07, 6.45) is 14.7. The van der Waals surface area contributed by atoms with Crippen molar-refractivity contribution >= 4 is 5.78 Å². The smallest absolute Gasteiger partial charge is 0.132 e. The van der Waals surface area contributed by atoms with Gasteiger partial charge in [0.15, 0.2) is 0 Å². The number of carbonyl (C=O) groups is 1. The maximum atomic E-state index is 11.3. The minimum Gasteiger partial charge on any atom is -0.300 e. The second kappa shape index (κ2) is 4.98. The second-order valence-electron chi connectivity index (χ2n) is 7.52. The highest BCUT2D eigenvalue weighted by molar-refractivity contribution is 5.77. The van der Waals surface area contributed by atoms with Crippen LogP contribution in [0.5, 0.6) is 0 Å². The van der Waals surface area contributed by atoms with Gasteiger partial charge in [0.05, 0.1) is 0 Å². The Morgan fingerprint density at radius 2 is 1.56 bits per heavy atom. The number of carbonyl (C=O) groups excluding carboxylic acids is 1. The summed E-state index contributed by atoms with van der Waals surface area (Å²) >= 11 is 0. The zero-order valence-corrected chi connectivity index (χ0v) is 11.9. The Morgan fingerprint density at radius 1 is 1.00 bits per heavy atom. The Hall–Kier alpha value is -0.330. The largest absolute Gasteiger partial charge is 0.300 e. The van der Waals surface area contributed by atoms with Gasteiger partial charge < -0.3 is 0 Å². The van der Waals surface area contributed by atoms with Crippen LogP contribution in [0, 0.1) is 23.2 Å². The van der Waals surface area contributed by atoms with Crippen LogP contribution >= 0.6 is 0 Å². The topological polar surface area (TPSA) is 17.1 Å². The van der Waals surface area contributed by atoms with Gasteiger partial charge in [-0.1, -0.05) is 13.3 Å². The highest BCUT2D eigenvalue weighted by Gasteiger charge is 2.50. The van der Waals surface area contributed by atoms with Crippen molar-refractivity contribution in [3.05, 3.63) is 0 Å². The Kier molecular flexibility index (Phi) is 3.51. The zero-order chi connectivity index (χ0) is 12.6.